The van der Waals surface area contributed by atoms with Crippen molar-refractivity contribution in [1.82, 2.24) is 12.3 Å². The van der Waals surface area contributed by atoms with E-state index in [-0.39, 0.29) is 12.3 Å². The van der Waals surface area contributed by atoms with Crippen LogP contribution in [0.2, 0.25) is 0 Å². The van der Waals surface area contributed by atoms with E-state index in [2.05, 4.69) is 0 Å². The van der Waals surface area contributed by atoms with Crippen molar-refractivity contribution in [1.29, 1.82) is 0 Å². The minimum atomic E-state index is -3.22. The predicted molar refractivity (Wildman–Crippen MR) is 52.5 cm³/mol. The van der Waals surface area contributed by atoms with Crippen molar-refractivity contribution < 1.29 is 18.1 Å². The van der Waals surface area contributed by atoms with Crippen LogP contribution in [0.5, 0.6) is 0 Å². The van der Waals surface area contributed by atoms with E-state index < -0.39 is 7.82 Å². The lowest BCUT2D eigenvalue weighted by atomic mass is 10.9. The molecule has 0 radical (unpaired) electrons. The van der Waals surface area contributed by atoms with Gasteiger partial charge in [-0.3, -0.25) is 13.6 Å². The molecule has 0 aromatic carbocycles. The molecule has 0 saturated heterocycles. The molecule has 0 aromatic heterocycles. The van der Waals surface area contributed by atoms with Gasteiger partial charge in [0.25, 0.3) is 0 Å². The molecule has 0 aliphatic heterocycles. The first kappa shape index (κ1) is 18.7. The Balaban J connectivity index is -0.000000500. The topological polar surface area (TPSA) is 115 Å². The van der Waals surface area contributed by atoms with Gasteiger partial charge in [0, 0.05) is 0 Å². The van der Waals surface area contributed by atoms with Crippen molar-refractivity contribution >= 4 is 7.82 Å². The van der Waals surface area contributed by atoms with E-state index in [0.717, 1.165) is 0 Å². The highest BCUT2D eigenvalue weighted by Gasteiger charge is 2.23. The molecule has 7 heteroatoms. The van der Waals surface area contributed by atoms with Gasteiger partial charge in [0.2, 0.25) is 0 Å². The third-order valence-corrected chi connectivity index (χ3v) is 2.58. The van der Waals surface area contributed by atoms with Crippen molar-refractivity contribution in [3.05, 3.63) is 0 Å². The molecule has 6 nitrogen and oxygen atoms in total. The molecular formula is C6H21N2O4P. The van der Waals surface area contributed by atoms with Crippen LogP contribution in [0.25, 0.3) is 0 Å². The van der Waals surface area contributed by atoms with Gasteiger partial charge in [-0.05, 0) is 20.8 Å². The first-order valence-electron chi connectivity index (χ1n) is 3.72. The standard InChI is InChI=1S/C6H15O4P.2H3N/c1-4-8-11(7,9-5-2)10-6-3;;/h4-6H2,1-3H3;2*1H3. The van der Waals surface area contributed by atoms with E-state index in [1.807, 2.05) is 0 Å². The Kier molecular flexibility index (Phi) is 14.6. The van der Waals surface area contributed by atoms with Gasteiger partial charge in [-0.2, -0.15) is 0 Å². The summed E-state index contributed by atoms with van der Waals surface area (Å²) in [6, 6.07) is 0. The van der Waals surface area contributed by atoms with Crippen LogP contribution >= 0.6 is 7.82 Å². The van der Waals surface area contributed by atoms with Crippen LogP contribution < -0.4 is 12.3 Å². The quantitative estimate of drug-likeness (QED) is 0.659. The molecular weight excluding hydrogens is 195 g/mol. The minimum Gasteiger partial charge on any atom is -0.344 e. The Bertz CT molecular complexity index is 121. The summed E-state index contributed by atoms with van der Waals surface area (Å²) in [5, 5.41) is 0. The maximum Gasteiger partial charge on any atom is 0.474 e. The van der Waals surface area contributed by atoms with Crippen LogP contribution in [0.4, 0.5) is 0 Å². The molecule has 0 aliphatic carbocycles. The Morgan fingerprint density at radius 2 is 1.08 bits per heavy atom. The normalized spacial score (nSPS) is 10.1. The van der Waals surface area contributed by atoms with Crippen LogP contribution in [0, 0.1) is 0 Å². The molecule has 0 aliphatic rings. The van der Waals surface area contributed by atoms with Gasteiger partial charge in [-0.15, -0.1) is 0 Å². The molecule has 0 unspecified atom stereocenters. The van der Waals surface area contributed by atoms with Gasteiger partial charge in [0.1, 0.15) is 0 Å². The molecule has 6 N–H and O–H groups in total. The Morgan fingerprint density at radius 1 is 0.846 bits per heavy atom. The minimum absolute atomic E-state index is 0. The fourth-order valence-electron chi connectivity index (χ4n) is 0.586. The smallest absolute Gasteiger partial charge is 0.344 e. The fraction of sp³-hybridized carbons (Fsp3) is 1.00. The van der Waals surface area contributed by atoms with Crippen molar-refractivity contribution in [2.45, 2.75) is 20.8 Å². The van der Waals surface area contributed by atoms with E-state index in [0.29, 0.717) is 19.8 Å². The highest BCUT2D eigenvalue weighted by molar-refractivity contribution is 7.48. The summed E-state index contributed by atoms with van der Waals surface area (Å²) in [4.78, 5) is 0. The maximum absolute atomic E-state index is 11.3. The molecule has 0 bridgehead atoms. The summed E-state index contributed by atoms with van der Waals surface area (Å²) < 4.78 is 25.8. The number of hydrogen-bond acceptors (Lipinski definition) is 6. The van der Waals surface area contributed by atoms with Gasteiger partial charge < -0.3 is 12.3 Å². The first-order chi connectivity index (χ1) is 5.18. The lowest BCUT2D eigenvalue weighted by Crippen LogP contribution is -1.99. The van der Waals surface area contributed by atoms with Crippen molar-refractivity contribution in [3.8, 4) is 0 Å². The highest BCUT2D eigenvalue weighted by atomic mass is 31.2. The number of phosphoric acid groups is 1. The van der Waals surface area contributed by atoms with Crippen LogP contribution in [0.3, 0.4) is 0 Å². The lowest BCUT2D eigenvalue weighted by molar-refractivity contribution is 0.126. The molecule has 0 rings (SSSR count). The van der Waals surface area contributed by atoms with E-state index >= 15 is 0 Å². The zero-order chi connectivity index (χ0) is 8.74. The zero-order valence-corrected chi connectivity index (χ0v) is 9.51. The predicted octanol–water partition coefficient (Wildman–Crippen LogP) is 2.53. The van der Waals surface area contributed by atoms with Crippen molar-refractivity contribution in [2.24, 2.45) is 0 Å². The van der Waals surface area contributed by atoms with Gasteiger partial charge in [0.15, 0.2) is 0 Å². The SMILES string of the molecule is CCOP(=O)(OCC)OCC.N.N. The molecule has 84 valence electrons. The van der Waals surface area contributed by atoms with Crippen molar-refractivity contribution in [2.75, 3.05) is 19.8 Å². The van der Waals surface area contributed by atoms with E-state index in [9.17, 15) is 4.57 Å². The van der Waals surface area contributed by atoms with Crippen LogP contribution in [0.1, 0.15) is 20.8 Å². The molecule has 0 amide bonds. The third-order valence-electron chi connectivity index (χ3n) is 0.862. The number of hydrogen-bond donors (Lipinski definition) is 2. The van der Waals surface area contributed by atoms with E-state index in [4.69, 9.17) is 13.6 Å². The second kappa shape index (κ2) is 10.1. The largest absolute Gasteiger partial charge is 0.474 e. The highest BCUT2D eigenvalue weighted by Crippen LogP contribution is 2.48. The first-order valence-corrected chi connectivity index (χ1v) is 5.18. The van der Waals surface area contributed by atoms with Crippen LogP contribution in [-0.4, -0.2) is 19.8 Å². The second-order valence-corrected chi connectivity index (χ2v) is 3.37. The summed E-state index contributed by atoms with van der Waals surface area (Å²) in [7, 11) is -3.22. The number of rotatable bonds is 6. The Hall–Kier alpha value is 0.0300. The van der Waals surface area contributed by atoms with Crippen molar-refractivity contribution in [3.63, 3.8) is 0 Å². The Morgan fingerprint density at radius 3 is 1.23 bits per heavy atom. The van der Waals surface area contributed by atoms with E-state index in [1.165, 1.54) is 0 Å². The monoisotopic (exact) mass is 216 g/mol. The van der Waals surface area contributed by atoms with Gasteiger partial charge in [-0.25, -0.2) is 4.57 Å². The Labute approximate surface area is 79.7 Å². The average molecular weight is 216 g/mol. The molecule has 0 saturated carbocycles. The lowest BCUT2D eigenvalue weighted by Gasteiger charge is -2.14. The van der Waals surface area contributed by atoms with Gasteiger partial charge in [0.05, 0.1) is 19.8 Å². The third kappa shape index (κ3) is 8.36. The summed E-state index contributed by atoms with van der Waals surface area (Å²) in [5.41, 5.74) is 0. The zero-order valence-electron chi connectivity index (χ0n) is 8.62. The molecule has 0 atom stereocenters. The molecule has 13 heavy (non-hydrogen) atoms. The average Bonchev–Trinajstić information content (AvgIpc) is 1.88. The summed E-state index contributed by atoms with van der Waals surface area (Å²) >= 11 is 0. The molecule has 0 heterocycles. The summed E-state index contributed by atoms with van der Waals surface area (Å²) in [6.07, 6.45) is 0. The van der Waals surface area contributed by atoms with Gasteiger partial charge in [-0.1, -0.05) is 0 Å². The van der Waals surface area contributed by atoms with Crippen LogP contribution in [0.15, 0.2) is 0 Å². The van der Waals surface area contributed by atoms with Gasteiger partial charge >= 0.3 is 7.82 Å². The van der Waals surface area contributed by atoms with Crippen LogP contribution in [-0.2, 0) is 18.1 Å². The molecule has 0 fully saturated rings. The molecule has 0 aromatic rings. The second-order valence-electron chi connectivity index (χ2n) is 1.70. The summed E-state index contributed by atoms with van der Waals surface area (Å²) in [5.74, 6) is 0. The van der Waals surface area contributed by atoms with E-state index in [1.54, 1.807) is 20.8 Å². The maximum atomic E-state index is 11.3. The number of phosphoric ester groups is 1. The fourth-order valence-corrected chi connectivity index (χ4v) is 1.76. The summed E-state index contributed by atoms with van der Waals surface area (Å²) in [6.45, 7) is 6.21. The molecule has 0 spiro atoms.